The molecule has 0 bridgehead atoms. The minimum atomic E-state index is -0.513. The quantitative estimate of drug-likeness (QED) is 0.587. The number of ether oxygens (including phenoxy) is 1. The van der Waals surface area contributed by atoms with E-state index < -0.39 is 5.82 Å². The van der Waals surface area contributed by atoms with Crippen molar-refractivity contribution in [2.45, 2.75) is 25.7 Å². The van der Waals surface area contributed by atoms with E-state index in [1.807, 2.05) is 0 Å². The summed E-state index contributed by atoms with van der Waals surface area (Å²) in [5, 5.41) is 0.729. The Bertz CT molecular complexity index is 1190. The van der Waals surface area contributed by atoms with Crippen LogP contribution in [0.4, 0.5) is 9.39 Å². The van der Waals surface area contributed by atoms with E-state index in [9.17, 15) is 14.0 Å². The number of carbonyl (C=O) groups excluding carboxylic acids is 1. The van der Waals surface area contributed by atoms with Gasteiger partial charge in [0.05, 0.1) is 11.2 Å². The third kappa shape index (κ3) is 3.95. The number of halogens is 1. The van der Waals surface area contributed by atoms with E-state index in [0.717, 1.165) is 31.1 Å². The summed E-state index contributed by atoms with van der Waals surface area (Å²) in [7, 11) is 0. The van der Waals surface area contributed by atoms with Crippen LogP contribution >= 0.6 is 11.3 Å². The molecular weight excluding hydrogens is 419 g/mol. The molecule has 1 amide bonds. The molecule has 0 unspecified atom stereocenters. The molecular formula is C22H23FN4O3S. The number of rotatable bonds is 6. The number of likely N-dealkylation sites (tertiary alicyclic amines) is 1. The number of fused-ring (bicyclic) bond motifs is 1. The molecule has 0 spiro atoms. The molecule has 162 valence electrons. The first kappa shape index (κ1) is 20.1. The zero-order chi connectivity index (χ0) is 21.4. The average molecular weight is 443 g/mol. The van der Waals surface area contributed by atoms with Gasteiger partial charge in [0.2, 0.25) is 5.91 Å². The van der Waals surface area contributed by atoms with Crippen molar-refractivity contribution in [3.63, 3.8) is 0 Å². The molecule has 2 fully saturated rings. The van der Waals surface area contributed by atoms with Crippen molar-refractivity contribution < 1.29 is 13.9 Å². The topological polar surface area (TPSA) is 67.7 Å². The fourth-order valence-electron chi connectivity index (χ4n) is 4.15. The molecule has 2 aromatic heterocycles. The Morgan fingerprint density at radius 3 is 2.68 bits per heavy atom. The van der Waals surface area contributed by atoms with E-state index in [1.54, 1.807) is 23.1 Å². The average Bonchev–Trinajstić information content (AvgIpc) is 3.50. The molecule has 1 aromatic carbocycles. The molecule has 0 saturated carbocycles. The van der Waals surface area contributed by atoms with E-state index in [0.29, 0.717) is 35.5 Å². The number of hydrogen-bond acceptors (Lipinski definition) is 6. The van der Waals surface area contributed by atoms with Crippen molar-refractivity contribution in [3.8, 4) is 11.4 Å². The van der Waals surface area contributed by atoms with Crippen LogP contribution in [0.25, 0.3) is 15.9 Å². The lowest BCUT2D eigenvalue weighted by molar-refractivity contribution is -0.117. The van der Waals surface area contributed by atoms with Gasteiger partial charge < -0.3 is 9.64 Å². The van der Waals surface area contributed by atoms with E-state index >= 15 is 0 Å². The molecule has 9 heteroatoms. The van der Waals surface area contributed by atoms with Crippen molar-refractivity contribution in [2.24, 2.45) is 0 Å². The van der Waals surface area contributed by atoms with Crippen LogP contribution in [0.1, 0.15) is 25.7 Å². The first-order chi connectivity index (χ1) is 15.1. The molecule has 0 aliphatic carbocycles. The molecule has 0 N–H and O–H groups in total. The molecule has 7 nitrogen and oxygen atoms in total. The van der Waals surface area contributed by atoms with Crippen LogP contribution in [0.15, 0.2) is 35.4 Å². The Labute approximate surface area is 182 Å². The van der Waals surface area contributed by atoms with Crippen molar-refractivity contribution in [3.05, 3.63) is 46.8 Å². The van der Waals surface area contributed by atoms with Crippen LogP contribution in [0.3, 0.4) is 0 Å². The van der Waals surface area contributed by atoms with Crippen LogP contribution < -0.4 is 15.2 Å². The third-order valence-electron chi connectivity index (χ3n) is 5.82. The number of carbonyl (C=O) groups is 1. The second-order valence-corrected chi connectivity index (χ2v) is 8.91. The lowest BCUT2D eigenvalue weighted by Crippen LogP contribution is -2.25. The SMILES string of the molecule is O=C1CCCN1c1cc2ncn(-c3ccc(OCCN4CCCC4)c(F)c3)c(=O)c2s1. The highest BCUT2D eigenvalue weighted by Gasteiger charge is 2.24. The van der Waals surface area contributed by atoms with Crippen molar-refractivity contribution in [1.82, 2.24) is 14.5 Å². The largest absolute Gasteiger partial charge is 0.489 e. The van der Waals surface area contributed by atoms with Gasteiger partial charge >= 0.3 is 0 Å². The number of nitrogens with zero attached hydrogens (tertiary/aromatic N) is 4. The maximum absolute atomic E-state index is 14.6. The maximum atomic E-state index is 14.6. The van der Waals surface area contributed by atoms with Gasteiger partial charge in [0.1, 0.15) is 22.6 Å². The minimum Gasteiger partial charge on any atom is -0.489 e. The Hall–Kier alpha value is -2.78. The van der Waals surface area contributed by atoms with Gasteiger partial charge in [0.25, 0.3) is 5.56 Å². The first-order valence-electron chi connectivity index (χ1n) is 10.6. The standard InChI is InChI=1S/C22H23FN4O3S/c23-16-12-15(5-6-18(16)30-11-10-25-7-1-2-8-25)27-14-24-17-13-20(31-21(17)22(27)29)26-9-3-4-19(26)28/h5-6,12-14H,1-4,7-11H2. The van der Waals surface area contributed by atoms with Crippen LogP contribution in [0, 0.1) is 5.82 Å². The zero-order valence-corrected chi connectivity index (χ0v) is 17.9. The molecule has 4 heterocycles. The second-order valence-electron chi connectivity index (χ2n) is 7.88. The normalized spacial score (nSPS) is 17.2. The number of aromatic nitrogens is 2. The highest BCUT2D eigenvalue weighted by Crippen LogP contribution is 2.32. The Morgan fingerprint density at radius 1 is 1.10 bits per heavy atom. The van der Waals surface area contributed by atoms with Crippen LogP contribution in [-0.4, -0.2) is 53.1 Å². The third-order valence-corrected chi connectivity index (χ3v) is 6.96. The summed E-state index contributed by atoms with van der Waals surface area (Å²) in [6, 6.07) is 6.27. The second kappa shape index (κ2) is 8.39. The predicted molar refractivity (Wildman–Crippen MR) is 118 cm³/mol. The molecule has 0 radical (unpaired) electrons. The molecule has 3 aromatic rings. The summed E-state index contributed by atoms with van der Waals surface area (Å²) in [6.07, 6.45) is 5.15. The van der Waals surface area contributed by atoms with Crippen molar-refractivity contribution in [1.29, 1.82) is 0 Å². The summed E-state index contributed by atoms with van der Waals surface area (Å²) in [5.74, 6) is -0.272. The summed E-state index contributed by atoms with van der Waals surface area (Å²) >= 11 is 1.25. The van der Waals surface area contributed by atoms with Gasteiger partial charge in [-0.15, -0.1) is 11.3 Å². The van der Waals surface area contributed by atoms with E-state index in [-0.39, 0.29) is 17.2 Å². The molecule has 5 rings (SSSR count). The number of amides is 1. The summed E-state index contributed by atoms with van der Waals surface area (Å²) in [6.45, 7) is 4.00. The lowest BCUT2D eigenvalue weighted by atomic mass is 10.3. The molecule has 0 atom stereocenters. The smallest absolute Gasteiger partial charge is 0.275 e. The van der Waals surface area contributed by atoms with Gasteiger partial charge in [0.15, 0.2) is 11.6 Å². The number of hydrogen-bond donors (Lipinski definition) is 0. The highest BCUT2D eigenvalue weighted by molar-refractivity contribution is 7.22. The fourth-order valence-corrected chi connectivity index (χ4v) is 5.23. The predicted octanol–water partition coefficient (Wildman–Crippen LogP) is 3.19. The molecule has 2 saturated heterocycles. The van der Waals surface area contributed by atoms with Gasteiger partial charge in [-0.25, -0.2) is 9.37 Å². The van der Waals surface area contributed by atoms with Crippen LogP contribution in [0.2, 0.25) is 0 Å². The van der Waals surface area contributed by atoms with Gasteiger partial charge in [-0.3, -0.25) is 19.1 Å². The van der Waals surface area contributed by atoms with Gasteiger partial charge in [-0.05, 0) is 50.6 Å². The van der Waals surface area contributed by atoms with Crippen molar-refractivity contribution >= 4 is 32.5 Å². The Balaban J connectivity index is 1.37. The zero-order valence-electron chi connectivity index (χ0n) is 17.1. The van der Waals surface area contributed by atoms with Crippen LogP contribution in [-0.2, 0) is 4.79 Å². The summed E-state index contributed by atoms with van der Waals surface area (Å²) in [5.41, 5.74) is 0.647. The molecule has 31 heavy (non-hydrogen) atoms. The number of anilines is 1. The monoisotopic (exact) mass is 442 g/mol. The lowest BCUT2D eigenvalue weighted by Gasteiger charge is -2.15. The first-order valence-corrected chi connectivity index (χ1v) is 11.4. The van der Waals surface area contributed by atoms with Gasteiger partial charge in [0, 0.05) is 25.6 Å². The van der Waals surface area contributed by atoms with Gasteiger partial charge in [-0.2, -0.15) is 0 Å². The number of benzene rings is 1. The molecule has 2 aliphatic heterocycles. The highest BCUT2D eigenvalue weighted by atomic mass is 32.1. The Morgan fingerprint density at radius 2 is 1.94 bits per heavy atom. The summed E-state index contributed by atoms with van der Waals surface area (Å²) < 4.78 is 22.0. The van der Waals surface area contributed by atoms with E-state index in [4.69, 9.17) is 4.74 Å². The fraction of sp³-hybridized carbons (Fsp3) is 0.409. The summed E-state index contributed by atoms with van der Waals surface area (Å²) in [4.78, 5) is 33.4. The molecule has 2 aliphatic rings. The van der Waals surface area contributed by atoms with Crippen LogP contribution in [0.5, 0.6) is 5.75 Å². The van der Waals surface area contributed by atoms with E-state index in [1.165, 1.54) is 41.1 Å². The maximum Gasteiger partial charge on any atom is 0.275 e. The van der Waals surface area contributed by atoms with Crippen molar-refractivity contribution in [2.75, 3.05) is 37.7 Å². The minimum absolute atomic E-state index is 0.0641. The van der Waals surface area contributed by atoms with Gasteiger partial charge in [-0.1, -0.05) is 0 Å². The Kier molecular flexibility index (Phi) is 5.45. The number of thiophene rings is 1. The van der Waals surface area contributed by atoms with E-state index in [2.05, 4.69) is 9.88 Å².